The van der Waals surface area contributed by atoms with E-state index in [-0.39, 0.29) is 6.04 Å². The van der Waals surface area contributed by atoms with Crippen LogP contribution in [0.2, 0.25) is 10.0 Å². The molecule has 0 spiro atoms. The van der Waals surface area contributed by atoms with Gasteiger partial charge in [-0.2, -0.15) is 0 Å². The summed E-state index contributed by atoms with van der Waals surface area (Å²) in [4.78, 5) is 0. The van der Waals surface area contributed by atoms with Crippen molar-refractivity contribution in [3.63, 3.8) is 0 Å². The maximum atomic E-state index is 6.40. The highest BCUT2D eigenvalue weighted by molar-refractivity contribution is 6.33. The summed E-state index contributed by atoms with van der Waals surface area (Å²) >= 11 is 12.6. The van der Waals surface area contributed by atoms with Crippen molar-refractivity contribution in [3.05, 3.63) is 68.2 Å². The van der Waals surface area contributed by atoms with Gasteiger partial charge >= 0.3 is 0 Å². The molecule has 1 unspecified atom stereocenters. The van der Waals surface area contributed by atoms with Crippen molar-refractivity contribution in [2.45, 2.75) is 33.7 Å². The molecule has 0 bridgehead atoms. The first kappa shape index (κ1) is 16.4. The maximum absolute atomic E-state index is 6.40. The Morgan fingerprint density at radius 3 is 2.24 bits per heavy atom. The van der Waals surface area contributed by atoms with E-state index in [1.807, 2.05) is 18.2 Å². The summed E-state index contributed by atoms with van der Waals surface area (Å²) in [5.41, 5.74) is 6.14. The van der Waals surface area contributed by atoms with Crippen molar-refractivity contribution in [3.8, 4) is 0 Å². The third-order valence-electron chi connectivity index (χ3n) is 3.87. The van der Waals surface area contributed by atoms with E-state index in [4.69, 9.17) is 23.2 Å². The van der Waals surface area contributed by atoms with Gasteiger partial charge in [-0.05, 0) is 73.3 Å². The van der Waals surface area contributed by atoms with Crippen LogP contribution >= 0.6 is 23.2 Å². The summed E-state index contributed by atoms with van der Waals surface area (Å²) < 4.78 is 0. The van der Waals surface area contributed by atoms with Gasteiger partial charge in [0.15, 0.2) is 0 Å². The van der Waals surface area contributed by atoms with Crippen molar-refractivity contribution in [2.24, 2.45) is 0 Å². The van der Waals surface area contributed by atoms with Crippen molar-refractivity contribution in [1.29, 1.82) is 0 Å². The molecular weight excluding hydrogens is 301 g/mol. The fraction of sp³-hybridized carbons (Fsp3) is 0.333. The first-order valence-corrected chi connectivity index (χ1v) is 7.95. The van der Waals surface area contributed by atoms with Crippen LogP contribution in [0.3, 0.4) is 0 Å². The summed E-state index contributed by atoms with van der Waals surface area (Å²) in [5, 5.41) is 4.97. The van der Waals surface area contributed by atoms with E-state index in [1.54, 1.807) is 0 Å². The molecule has 0 heterocycles. The lowest BCUT2D eigenvalue weighted by molar-refractivity contribution is 0.627. The highest BCUT2D eigenvalue weighted by Gasteiger charge is 2.19. The molecule has 2 rings (SSSR count). The summed E-state index contributed by atoms with van der Waals surface area (Å²) in [6.45, 7) is 9.38. The predicted molar refractivity (Wildman–Crippen MR) is 92.6 cm³/mol. The van der Waals surface area contributed by atoms with Crippen LogP contribution in [-0.4, -0.2) is 6.54 Å². The number of aryl methyl sites for hydroxylation is 3. The van der Waals surface area contributed by atoms with Crippen LogP contribution in [0.4, 0.5) is 0 Å². The molecule has 2 aromatic carbocycles. The largest absolute Gasteiger partial charge is 0.306 e. The number of halogens is 2. The molecule has 1 nitrogen and oxygen atoms in total. The standard InChI is InChI=1S/C18H21Cl2N/c1-5-21-18(16-10-14(19)6-7-17(16)20)15-9-12(3)11(2)8-13(15)4/h6-10,18,21H,5H2,1-4H3. The smallest absolute Gasteiger partial charge is 0.0594 e. The lowest BCUT2D eigenvalue weighted by atomic mass is 9.91. The molecular formula is C18H21Cl2N. The molecule has 1 atom stereocenters. The molecule has 0 fully saturated rings. The van der Waals surface area contributed by atoms with Gasteiger partial charge in [0.1, 0.15) is 0 Å². The summed E-state index contributed by atoms with van der Waals surface area (Å²) in [6, 6.07) is 10.2. The topological polar surface area (TPSA) is 12.0 Å². The zero-order valence-electron chi connectivity index (χ0n) is 12.9. The second-order valence-corrected chi connectivity index (χ2v) is 6.29. The van der Waals surface area contributed by atoms with Crippen LogP contribution in [-0.2, 0) is 0 Å². The molecule has 0 radical (unpaired) electrons. The maximum Gasteiger partial charge on any atom is 0.0594 e. The number of hydrogen-bond donors (Lipinski definition) is 1. The minimum atomic E-state index is 0.0560. The van der Waals surface area contributed by atoms with Gasteiger partial charge in [-0.1, -0.05) is 42.3 Å². The normalized spacial score (nSPS) is 12.5. The van der Waals surface area contributed by atoms with Gasteiger partial charge in [-0.25, -0.2) is 0 Å². The third kappa shape index (κ3) is 3.60. The Morgan fingerprint density at radius 2 is 1.57 bits per heavy atom. The minimum Gasteiger partial charge on any atom is -0.306 e. The number of hydrogen-bond acceptors (Lipinski definition) is 1. The number of rotatable bonds is 4. The Hall–Kier alpha value is -1.02. The Balaban J connectivity index is 2.58. The minimum absolute atomic E-state index is 0.0560. The lowest BCUT2D eigenvalue weighted by Gasteiger charge is -2.23. The van der Waals surface area contributed by atoms with Crippen molar-refractivity contribution in [1.82, 2.24) is 5.32 Å². The van der Waals surface area contributed by atoms with Crippen LogP contribution in [0.5, 0.6) is 0 Å². The number of nitrogens with one attached hydrogen (secondary N) is 1. The van der Waals surface area contributed by atoms with Gasteiger partial charge in [-0.3, -0.25) is 0 Å². The molecule has 112 valence electrons. The van der Waals surface area contributed by atoms with Gasteiger partial charge in [0.25, 0.3) is 0 Å². The van der Waals surface area contributed by atoms with Crippen molar-refractivity contribution < 1.29 is 0 Å². The molecule has 3 heteroatoms. The Morgan fingerprint density at radius 1 is 0.905 bits per heavy atom. The van der Waals surface area contributed by atoms with Gasteiger partial charge in [0.2, 0.25) is 0 Å². The first-order valence-electron chi connectivity index (χ1n) is 7.20. The summed E-state index contributed by atoms with van der Waals surface area (Å²) in [5.74, 6) is 0. The number of benzene rings is 2. The van der Waals surface area contributed by atoms with Gasteiger partial charge < -0.3 is 5.32 Å². The van der Waals surface area contributed by atoms with E-state index < -0.39 is 0 Å². The van der Waals surface area contributed by atoms with E-state index >= 15 is 0 Å². The molecule has 0 amide bonds. The Bertz CT molecular complexity index is 650. The predicted octanol–water partition coefficient (Wildman–Crippen LogP) is 5.62. The summed E-state index contributed by atoms with van der Waals surface area (Å²) in [6.07, 6.45) is 0. The van der Waals surface area contributed by atoms with Crippen LogP contribution in [0.1, 0.15) is 40.8 Å². The van der Waals surface area contributed by atoms with E-state index in [0.717, 1.165) is 17.1 Å². The monoisotopic (exact) mass is 321 g/mol. The first-order chi connectivity index (χ1) is 9.93. The molecule has 21 heavy (non-hydrogen) atoms. The van der Waals surface area contributed by atoms with Gasteiger partial charge in [-0.15, -0.1) is 0 Å². The highest BCUT2D eigenvalue weighted by Crippen LogP contribution is 2.33. The molecule has 0 aromatic heterocycles. The Kier molecular flexibility index (Phi) is 5.32. The van der Waals surface area contributed by atoms with E-state index in [9.17, 15) is 0 Å². The van der Waals surface area contributed by atoms with Crippen LogP contribution < -0.4 is 5.32 Å². The molecule has 2 aromatic rings. The van der Waals surface area contributed by atoms with Crippen LogP contribution in [0.25, 0.3) is 0 Å². The van der Waals surface area contributed by atoms with Crippen LogP contribution in [0.15, 0.2) is 30.3 Å². The molecule has 1 N–H and O–H groups in total. The molecule has 0 aliphatic rings. The van der Waals surface area contributed by atoms with Gasteiger partial charge in [0.05, 0.1) is 6.04 Å². The molecule has 0 aliphatic heterocycles. The lowest BCUT2D eigenvalue weighted by Crippen LogP contribution is -2.23. The third-order valence-corrected chi connectivity index (χ3v) is 4.45. The zero-order chi connectivity index (χ0) is 15.6. The van der Waals surface area contributed by atoms with Crippen molar-refractivity contribution >= 4 is 23.2 Å². The Labute approximate surface area is 137 Å². The molecule has 0 saturated carbocycles. The van der Waals surface area contributed by atoms with Crippen LogP contribution in [0, 0.1) is 20.8 Å². The second-order valence-electron chi connectivity index (χ2n) is 5.45. The quantitative estimate of drug-likeness (QED) is 0.770. The van der Waals surface area contributed by atoms with E-state index in [0.29, 0.717) is 5.02 Å². The average molecular weight is 322 g/mol. The van der Waals surface area contributed by atoms with Gasteiger partial charge in [0, 0.05) is 10.0 Å². The fourth-order valence-electron chi connectivity index (χ4n) is 2.62. The average Bonchev–Trinajstić information content (AvgIpc) is 2.43. The van der Waals surface area contributed by atoms with E-state index in [1.165, 1.54) is 22.3 Å². The fourth-order valence-corrected chi connectivity index (χ4v) is 3.03. The highest BCUT2D eigenvalue weighted by atomic mass is 35.5. The van der Waals surface area contributed by atoms with E-state index in [2.05, 4.69) is 45.1 Å². The molecule has 0 saturated heterocycles. The molecule has 0 aliphatic carbocycles. The second kappa shape index (κ2) is 6.83. The zero-order valence-corrected chi connectivity index (χ0v) is 14.4. The SMILES string of the molecule is CCNC(c1cc(C)c(C)cc1C)c1cc(Cl)ccc1Cl. The van der Waals surface area contributed by atoms with Crippen molar-refractivity contribution in [2.75, 3.05) is 6.54 Å². The summed E-state index contributed by atoms with van der Waals surface area (Å²) in [7, 11) is 0.